The van der Waals surface area contributed by atoms with Crippen molar-refractivity contribution in [1.82, 2.24) is 0 Å². The van der Waals surface area contributed by atoms with Gasteiger partial charge in [0.1, 0.15) is 0 Å². The number of nitrogens with two attached hydrogens (primary N) is 1. The van der Waals surface area contributed by atoms with Crippen molar-refractivity contribution < 1.29 is 0 Å². The fraction of sp³-hybridized carbons (Fsp3) is 0.200. The third-order valence-electron chi connectivity index (χ3n) is 1.36. The van der Waals surface area contributed by atoms with Crippen molar-refractivity contribution in [3.63, 3.8) is 0 Å². The van der Waals surface area contributed by atoms with Crippen LogP contribution in [0, 0.1) is 11.8 Å². The Hall–Kier alpha value is -0.680. The number of hydrogen-bond donors (Lipinski definition) is 1. The Morgan fingerprint density at radius 1 is 1.31 bits per heavy atom. The van der Waals surface area contributed by atoms with Crippen LogP contribution in [0.4, 0.5) is 0 Å². The average molecular weight is 214 g/mol. The maximum Gasteiger partial charge on any atom is 0.0639 e. The van der Waals surface area contributed by atoms with Crippen molar-refractivity contribution in [3.8, 4) is 11.8 Å². The van der Waals surface area contributed by atoms with Gasteiger partial charge in [-0.3, -0.25) is 0 Å². The summed E-state index contributed by atoms with van der Waals surface area (Å²) >= 11 is 11.5. The van der Waals surface area contributed by atoms with Crippen LogP contribution in [0.25, 0.3) is 0 Å². The van der Waals surface area contributed by atoms with Crippen molar-refractivity contribution in [2.24, 2.45) is 5.73 Å². The van der Waals surface area contributed by atoms with Gasteiger partial charge in [0, 0.05) is 5.56 Å². The molecule has 1 aromatic carbocycles. The van der Waals surface area contributed by atoms with Gasteiger partial charge in [0.25, 0.3) is 0 Å². The van der Waals surface area contributed by atoms with Crippen LogP contribution in [0.15, 0.2) is 18.2 Å². The van der Waals surface area contributed by atoms with Gasteiger partial charge in [-0.1, -0.05) is 35.0 Å². The van der Waals surface area contributed by atoms with Gasteiger partial charge < -0.3 is 5.73 Å². The summed E-state index contributed by atoms with van der Waals surface area (Å²) in [7, 11) is 0. The summed E-state index contributed by atoms with van der Waals surface area (Å²) in [5.41, 5.74) is 6.30. The van der Waals surface area contributed by atoms with Gasteiger partial charge in [0.15, 0.2) is 0 Å². The minimum atomic E-state index is -0.130. The zero-order chi connectivity index (χ0) is 9.84. The molecule has 1 unspecified atom stereocenters. The maximum absolute atomic E-state index is 5.80. The lowest BCUT2D eigenvalue weighted by molar-refractivity contribution is 0.959. The molecule has 0 aliphatic heterocycles. The van der Waals surface area contributed by atoms with Gasteiger partial charge in [0.2, 0.25) is 0 Å². The second kappa shape index (κ2) is 4.53. The molecule has 0 saturated carbocycles. The van der Waals surface area contributed by atoms with Crippen molar-refractivity contribution in [2.45, 2.75) is 13.0 Å². The van der Waals surface area contributed by atoms with Gasteiger partial charge >= 0.3 is 0 Å². The van der Waals surface area contributed by atoms with Crippen molar-refractivity contribution in [1.29, 1.82) is 0 Å². The Morgan fingerprint density at radius 3 is 2.54 bits per heavy atom. The minimum absolute atomic E-state index is 0.130. The van der Waals surface area contributed by atoms with Crippen LogP contribution < -0.4 is 5.73 Å². The molecule has 3 heteroatoms. The topological polar surface area (TPSA) is 26.0 Å². The van der Waals surface area contributed by atoms with Crippen LogP contribution in [-0.4, -0.2) is 6.04 Å². The van der Waals surface area contributed by atoms with Crippen LogP contribution in [0.3, 0.4) is 0 Å². The van der Waals surface area contributed by atoms with Crippen LogP contribution in [0.2, 0.25) is 10.0 Å². The summed E-state index contributed by atoms with van der Waals surface area (Å²) < 4.78 is 0. The molecule has 1 atom stereocenters. The highest BCUT2D eigenvalue weighted by atomic mass is 35.5. The molecule has 0 amide bonds. The monoisotopic (exact) mass is 213 g/mol. The highest BCUT2D eigenvalue weighted by Crippen LogP contribution is 2.21. The number of halogens is 2. The van der Waals surface area contributed by atoms with Crippen LogP contribution in [0.1, 0.15) is 12.5 Å². The molecule has 1 rings (SSSR count). The molecule has 0 spiro atoms. The van der Waals surface area contributed by atoms with Crippen LogP contribution in [0.5, 0.6) is 0 Å². The Kier molecular flexibility index (Phi) is 3.62. The van der Waals surface area contributed by atoms with Crippen molar-refractivity contribution >= 4 is 23.2 Å². The Balaban J connectivity index is 2.94. The molecule has 2 N–H and O–H groups in total. The molecule has 0 aliphatic rings. The molecule has 0 saturated heterocycles. The van der Waals surface area contributed by atoms with E-state index in [1.807, 2.05) is 13.0 Å². The predicted molar refractivity (Wildman–Crippen MR) is 57.0 cm³/mol. The van der Waals surface area contributed by atoms with Gasteiger partial charge in [-0.25, -0.2) is 0 Å². The lowest BCUT2D eigenvalue weighted by Gasteiger charge is -1.95. The molecule has 0 fully saturated rings. The molecule has 0 bridgehead atoms. The van der Waals surface area contributed by atoms with Crippen LogP contribution in [-0.2, 0) is 0 Å². The van der Waals surface area contributed by atoms with Gasteiger partial charge in [0.05, 0.1) is 16.1 Å². The standard InChI is InChI=1S/C10H9Cl2N/c1-7(13)2-3-8-4-5-9(11)10(12)6-8/h4-7H,13H2,1H3. The third kappa shape index (κ3) is 3.28. The van der Waals surface area contributed by atoms with Gasteiger partial charge in [-0.05, 0) is 25.1 Å². The van der Waals surface area contributed by atoms with E-state index in [1.165, 1.54) is 0 Å². The van der Waals surface area contributed by atoms with E-state index in [0.717, 1.165) is 5.56 Å². The quantitative estimate of drug-likeness (QED) is 0.660. The molecule has 0 heterocycles. The average Bonchev–Trinajstić information content (AvgIpc) is 2.07. The summed E-state index contributed by atoms with van der Waals surface area (Å²) in [4.78, 5) is 0. The molecule has 68 valence electrons. The van der Waals surface area contributed by atoms with Crippen LogP contribution >= 0.6 is 23.2 Å². The molecule has 0 aliphatic carbocycles. The van der Waals surface area contributed by atoms with E-state index >= 15 is 0 Å². The lowest BCUT2D eigenvalue weighted by atomic mass is 10.2. The molecular weight excluding hydrogens is 205 g/mol. The molecule has 1 aromatic rings. The summed E-state index contributed by atoms with van der Waals surface area (Å²) in [5.74, 6) is 5.73. The third-order valence-corrected chi connectivity index (χ3v) is 2.10. The Morgan fingerprint density at radius 2 is 2.00 bits per heavy atom. The van der Waals surface area contributed by atoms with E-state index in [9.17, 15) is 0 Å². The fourth-order valence-corrected chi connectivity index (χ4v) is 1.07. The highest BCUT2D eigenvalue weighted by Gasteiger charge is 1.96. The summed E-state index contributed by atoms with van der Waals surface area (Å²) in [6, 6.07) is 5.12. The number of benzene rings is 1. The first-order valence-corrected chi connectivity index (χ1v) is 4.57. The van der Waals surface area contributed by atoms with E-state index in [4.69, 9.17) is 28.9 Å². The van der Waals surface area contributed by atoms with Gasteiger partial charge in [-0.2, -0.15) is 0 Å². The predicted octanol–water partition coefficient (Wildman–Crippen LogP) is 2.69. The molecule has 1 nitrogen and oxygen atoms in total. The smallest absolute Gasteiger partial charge is 0.0639 e. The fourth-order valence-electron chi connectivity index (χ4n) is 0.771. The van der Waals surface area contributed by atoms with Crippen molar-refractivity contribution in [2.75, 3.05) is 0 Å². The molecule has 13 heavy (non-hydrogen) atoms. The second-order valence-electron chi connectivity index (χ2n) is 2.69. The van der Waals surface area contributed by atoms with E-state index in [-0.39, 0.29) is 6.04 Å². The maximum atomic E-state index is 5.80. The Bertz CT molecular complexity index is 361. The first-order valence-electron chi connectivity index (χ1n) is 3.82. The van der Waals surface area contributed by atoms with E-state index in [2.05, 4.69) is 11.8 Å². The van der Waals surface area contributed by atoms with Crippen molar-refractivity contribution in [3.05, 3.63) is 33.8 Å². The zero-order valence-corrected chi connectivity index (χ0v) is 8.65. The zero-order valence-electron chi connectivity index (χ0n) is 7.14. The first-order chi connectivity index (χ1) is 6.09. The normalized spacial score (nSPS) is 11.7. The highest BCUT2D eigenvalue weighted by molar-refractivity contribution is 6.42. The number of hydrogen-bond acceptors (Lipinski definition) is 1. The molecule has 0 radical (unpaired) electrons. The SMILES string of the molecule is CC(N)C#Cc1ccc(Cl)c(Cl)c1. The second-order valence-corrected chi connectivity index (χ2v) is 3.50. The van der Waals surface area contributed by atoms with E-state index in [1.54, 1.807) is 12.1 Å². The summed E-state index contributed by atoms with van der Waals surface area (Å²) in [6.07, 6.45) is 0. The molecule has 0 aromatic heterocycles. The largest absolute Gasteiger partial charge is 0.318 e. The summed E-state index contributed by atoms with van der Waals surface area (Å²) in [6.45, 7) is 1.82. The first kappa shape index (κ1) is 10.4. The lowest BCUT2D eigenvalue weighted by Crippen LogP contribution is -2.10. The number of rotatable bonds is 0. The van der Waals surface area contributed by atoms with Gasteiger partial charge in [-0.15, -0.1) is 0 Å². The van der Waals surface area contributed by atoms with E-state index < -0.39 is 0 Å². The van der Waals surface area contributed by atoms with E-state index in [0.29, 0.717) is 10.0 Å². The minimum Gasteiger partial charge on any atom is -0.318 e. The summed E-state index contributed by atoms with van der Waals surface area (Å²) in [5, 5.41) is 1.05. The Labute approximate surface area is 87.8 Å². The molecular formula is C10H9Cl2N.